The standard InChI is InChI=1S/C14H19N3O2/c1-9(10-3-2-4-12(15)7-10)14(19)17-6-5-11(8-17)13(16)18/h2-4,7,9,11H,5-6,8,15H2,1H3,(H2,16,18). The van der Waals surface area contributed by atoms with Crippen LogP contribution in [0.2, 0.25) is 0 Å². The summed E-state index contributed by atoms with van der Waals surface area (Å²) < 4.78 is 0. The van der Waals surface area contributed by atoms with Crippen molar-refractivity contribution in [3.8, 4) is 0 Å². The fourth-order valence-electron chi connectivity index (χ4n) is 2.44. The maximum atomic E-state index is 12.4. The number of amides is 2. The minimum atomic E-state index is -0.327. The number of benzene rings is 1. The van der Waals surface area contributed by atoms with Gasteiger partial charge in [0.2, 0.25) is 11.8 Å². The summed E-state index contributed by atoms with van der Waals surface area (Å²) in [5.74, 6) is -0.770. The first kappa shape index (κ1) is 13.4. The monoisotopic (exact) mass is 261 g/mol. The van der Waals surface area contributed by atoms with Gasteiger partial charge in [-0.15, -0.1) is 0 Å². The molecular formula is C14H19N3O2. The molecule has 2 rings (SSSR count). The summed E-state index contributed by atoms with van der Waals surface area (Å²) in [6, 6.07) is 7.33. The molecule has 0 aromatic heterocycles. The largest absolute Gasteiger partial charge is 0.399 e. The van der Waals surface area contributed by atoms with E-state index in [1.807, 2.05) is 25.1 Å². The van der Waals surface area contributed by atoms with Crippen molar-refractivity contribution in [2.45, 2.75) is 19.3 Å². The van der Waals surface area contributed by atoms with Crippen LogP contribution in [0.5, 0.6) is 0 Å². The van der Waals surface area contributed by atoms with Crippen LogP contribution < -0.4 is 11.5 Å². The molecule has 2 unspecified atom stereocenters. The molecule has 0 aliphatic carbocycles. The molecule has 102 valence electrons. The van der Waals surface area contributed by atoms with Crippen molar-refractivity contribution >= 4 is 17.5 Å². The number of carbonyl (C=O) groups excluding carboxylic acids is 2. The summed E-state index contributed by atoms with van der Waals surface area (Å²) in [5, 5.41) is 0. The molecule has 5 nitrogen and oxygen atoms in total. The van der Waals surface area contributed by atoms with E-state index in [9.17, 15) is 9.59 Å². The van der Waals surface area contributed by atoms with Gasteiger partial charge in [0.1, 0.15) is 0 Å². The Morgan fingerprint density at radius 2 is 2.16 bits per heavy atom. The first-order chi connectivity index (χ1) is 8.99. The highest BCUT2D eigenvalue weighted by atomic mass is 16.2. The third kappa shape index (κ3) is 2.86. The number of hydrogen-bond acceptors (Lipinski definition) is 3. The van der Waals surface area contributed by atoms with E-state index in [4.69, 9.17) is 11.5 Å². The zero-order chi connectivity index (χ0) is 14.0. The van der Waals surface area contributed by atoms with Gasteiger partial charge in [0.05, 0.1) is 11.8 Å². The quantitative estimate of drug-likeness (QED) is 0.785. The van der Waals surface area contributed by atoms with Gasteiger partial charge in [-0.2, -0.15) is 0 Å². The Morgan fingerprint density at radius 3 is 2.74 bits per heavy atom. The van der Waals surface area contributed by atoms with Gasteiger partial charge in [-0.05, 0) is 31.0 Å². The number of nitrogens with two attached hydrogens (primary N) is 2. The van der Waals surface area contributed by atoms with Crippen molar-refractivity contribution in [2.75, 3.05) is 18.8 Å². The fraction of sp³-hybridized carbons (Fsp3) is 0.429. The van der Waals surface area contributed by atoms with Crippen molar-refractivity contribution in [3.63, 3.8) is 0 Å². The van der Waals surface area contributed by atoms with Crippen LogP contribution in [-0.4, -0.2) is 29.8 Å². The Balaban J connectivity index is 2.06. The first-order valence-electron chi connectivity index (χ1n) is 6.42. The number of carbonyl (C=O) groups is 2. The molecule has 4 N–H and O–H groups in total. The summed E-state index contributed by atoms with van der Waals surface area (Å²) in [7, 11) is 0. The maximum absolute atomic E-state index is 12.4. The number of anilines is 1. The van der Waals surface area contributed by atoms with Crippen LogP contribution in [0, 0.1) is 5.92 Å². The zero-order valence-electron chi connectivity index (χ0n) is 11.0. The van der Waals surface area contributed by atoms with Gasteiger partial charge in [-0.1, -0.05) is 12.1 Å². The molecule has 1 heterocycles. The molecule has 1 aromatic rings. The van der Waals surface area contributed by atoms with E-state index < -0.39 is 0 Å². The predicted octanol–water partition coefficient (Wildman–Crippen LogP) is 0.706. The lowest BCUT2D eigenvalue weighted by Gasteiger charge is -2.21. The lowest BCUT2D eigenvalue weighted by molar-refractivity contribution is -0.131. The molecular weight excluding hydrogens is 242 g/mol. The van der Waals surface area contributed by atoms with Crippen LogP contribution in [-0.2, 0) is 9.59 Å². The van der Waals surface area contributed by atoms with Crippen LogP contribution in [0.15, 0.2) is 24.3 Å². The van der Waals surface area contributed by atoms with Crippen LogP contribution in [0.25, 0.3) is 0 Å². The van der Waals surface area contributed by atoms with E-state index in [-0.39, 0.29) is 23.7 Å². The minimum absolute atomic E-state index is 0.0225. The zero-order valence-corrected chi connectivity index (χ0v) is 11.0. The molecule has 1 aliphatic heterocycles. The van der Waals surface area contributed by atoms with Gasteiger partial charge in [-0.3, -0.25) is 9.59 Å². The van der Waals surface area contributed by atoms with E-state index in [0.717, 1.165) is 5.56 Å². The molecule has 0 radical (unpaired) electrons. The summed E-state index contributed by atoms with van der Waals surface area (Å²) in [5.41, 5.74) is 12.5. The Hall–Kier alpha value is -2.04. The molecule has 1 aromatic carbocycles. The summed E-state index contributed by atoms with van der Waals surface area (Å²) in [6.07, 6.45) is 0.657. The Morgan fingerprint density at radius 1 is 1.42 bits per heavy atom. The Bertz CT molecular complexity index is 501. The maximum Gasteiger partial charge on any atom is 0.229 e. The average Bonchev–Trinajstić information content (AvgIpc) is 2.86. The summed E-state index contributed by atoms with van der Waals surface area (Å²) in [6.45, 7) is 2.88. The van der Waals surface area contributed by atoms with Crippen LogP contribution in [0.4, 0.5) is 5.69 Å². The van der Waals surface area contributed by atoms with Gasteiger partial charge >= 0.3 is 0 Å². The summed E-state index contributed by atoms with van der Waals surface area (Å²) in [4.78, 5) is 25.2. The van der Waals surface area contributed by atoms with Gasteiger partial charge in [0.25, 0.3) is 0 Å². The number of hydrogen-bond donors (Lipinski definition) is 2. The van der Waals surface area contributed by atoms with Crippen LogP contribution in [0.3, 0.4) is 0 Å². The molecule has 1 fully saturated rings. The van der Waals surface area contributed by atoms with Crippen molar-refractivity contribution in [2.24, 2.45) is 11.7 Å². The molecule has 19 heavy (non-hydrogen) atoms. The normalized spacial score (nSPS) is 20.3. The highest BCUT2D eigenvalue weighted by Gasteiger charge is 2.32. The predicted molar refractivity (Wildman–Crippen MR) is 73.2 cm³/mol. The lowest BCUT2D eigenvalue weighted by atomic mass is 9.99. The topological polar surface area (TPSA) is 89.4 Å². The van der Waals surface area contributed by atoms with E-state index in [1.165, 1.54) is 0 Å². The third-order valence-corrected chi connectivity index (χ3v) is 3.68. The van der Waals surface area contributed by atoms with Crippen molar-refractivity contribution in [1.82, 2.24) is 4.90 Å². The number of primary amides is 1. The smallest absolute Gasteiger partial charge is 0.229 e. The Kier molecular flexibility index (Phi) is 3.74. The van der Waals surface area contributed by atoms with E-state index in [0.29, 0.717) is 25.2 Å². The van der Waals surface area contributed by atoms with Gasteiger partial charge in [0, 0.05) is 18.8 Å². The number of rotatable bonds is 3. The molecule has 0 bridgehead atoms. The average molecular weight is 261 g/mol. The SMILES string of the molecule is CC(C(=O)N1CCC(C(N)=O)C1)c1cccc(N)c1. The van der Waals surface area contributed by atoms with E-state index in [2.05, 4.69) is 0 Å². The second-order valence-corrected chi connectivity index (χ2v) is 5.06. The number of likely N-dealkylation sites (tertiary alicyclic amines) is 1. The highest BCUT2D eigenvalue weighted by molar-refractivity contribution is 5.85. The third-order valence-electron chi connectivity index (χ3n) is 3.68. The van der Waals surface area contributed by atoms with Crippen LogP contribution in [0.1, 0.15) is 24.8 Å². The second-order valence-electron chi connectivity index (χ2n) is 5.06. The first-order valence-corrected chi connectivity index (χ1v) is 6.42. The fourth-order valence-corrected chi connectivity index (χ4v) is 2.44. The lowest BCUT2D eigenvalue weighted by Crippen LogP contribution is -2.34. The molecule has 0 saturated carbocycles. The van der Waals surface area contributed by atoms with Gasteiger partial charge in [-0.25, -0.2) is 0 Å². The second kappa shape index (κ2) is 5.30. The van der Waals surface area contributed by atoms with E-state index in [1.54, 1.807) is 11.0 Å². The highest BCUT2D eigenvalue weighted by Crippen LogP contribution is 2.24. The van der Waals surface area contributed by atoms with Crippen molar-refractivity contribution in [1.29, 1.82) is 0 Å². The number of nitrogens with zero attached hydrogens (tertiary/aromatic N) is 1. The number of nitrogen functional groups attached to an aromatic ring is 1. The minimum Gasteiger partial charge on any atom is -0.399 e. The molecule has 1 aliphatic rings. The molecule has 5 heteroatoms. The van der Waals surface area contributed by atoms with Crippen molar-refractivity contribution < 1.29 is 9.59 Å². The van der Waals surface area contributed by atoms with Gasteiger partial charge < -0.3 is 16.4 Å². The molecule has 1 saturated heterocycles. The van der Waals surface area contributed by atoms with Crippen LogP contribution >= 0.6 is 0 Å². The molecule has 2 atom stereocenters. The van der Waals surface area contributed by atoms with Crippen molar-refractivity contribution in [3.05, 3.63) is 29.8 Å². The molecule has 0 spiro atoms. The molecule has 2 amide bonds. The van der Waals surface area contributed by atoms with Gasteiger partial charge in [0.15, 0.2) is 0 Å². The van der Waals surface area contributed by atoms with E-state index >= 15 is 0 Å². The Labute approximate surface area is 112 Å². The summed E-state index contributed by atoms with van der Waals surface area (Å²) >= 11 is 0.